The normalized spacial score (nSPS) is 37.0. The van der Waals surface area contributed by atoms with Crippen LogP contribution in [0.3, 0.4) is 0 Å². The smallest absolute Gasteiger partial charge is 0.0692 e. The summed E-state index contributed by atoms with van der Waals surface area (Å²) in [6.45, 7) is 11.1. The Kier molecular flexibility index (Phi) is 3.61. The summed E-state index contributed by atoms with van der Waals surface area (Å²) in [5, 5.41) is 4.97. The molecule has 2 fully saturated rings. The highest BCUT2D eigenvalue weighted by Gasteiger charge is 2.27. The molecule has 2 aliphatic rings. The first-order chi connectivity index (χ1) is 7.15. The fourth-order valence-corrected chi connectivity index (χ4v) is 2.46. The quantitative estimate of drug-likeness (QED) is 0.622. The van der Waals surface area contributed by atoms with E-state index in [0.29, 0.717) is 12.2 Å². The standard InChI is InChI=1S/C11H23N3O/c1-10-8-14(9-11(2)15-10)13-6-4-12(3)5-7-13/h10-11H,4-9H2,1-3H3. The number of likely N-dealkylation sites (N-methyl/N-ethyl adjacent to an activating group) is 1. The molecule has 0 aromatic heterocycles. The molecule has 2 saturated heterocycles. The van der Waals surface area contributed by atoms with Crippen molar-refractivity contribution in [3.63, 3.8) is 0 Å². The molecule has 0 N–H and O–H groups in total. The van der Waals surface area contributed by atoms with Crippen molar-refractivity contribution in [3.8, 4) is 0 Å². The average molecular weight is 213 g/mol. The summed E-state index contributed by atoms with van der Waals surface area (Å²) in [4.78, 5) is 2.39. The van der Waals surface area contributed by atoms with E-state index in [1.54, 1.807) is 0 Å². The Bertz CT molecular complexity index is 194. The molecule has 2 unspecified atom stereocenters. The molecule has 4 nitrogen and oxygen atoms in total. The van der Waals surface area contributed by atoms with Crippen LogP contribution in [-0.4, -0.2) is 73.4 Å². The lowest BCUT2D eigenvalue weighted by Gasteiger charge is -2.45. The average Bonchev–Trinajstić information content (AvgIpc) is 2.17. The van der Waals surface area contributed by atoms with E-state index in [9.17, 15) is 0 Å². The highest BCUT2D eigenvalue weighted by Crippen LogP contribution is 2.14. The van der Waals surface area contributed by atoms with Gasteiger partial charge in [0.25, 0.3) is 0 Å². The Morgan fingerprint density at radius 3 is 1.93 bits per heavy atom. The summed E-state index contributed by atoms with van der Waals surface area (Å²) in [5.41, 5.74) is 0. The molecule has 88 valence electrons. The van der Waals surface area contributed by atoms with Crippen molar-refractivity contribution < 1.29 is 4.74 Å². The van der Waals surface area contributed by atoms with E-state index < -0.39 is 0 Å². The van der Waals surface area contributed by atoms with Gasteiger partial charge in [0.05, 0.1) is 12.2 Å². The summed E-state index contributed by atoms with van der Waals surface area (Å²) in [5.74, 6) is 0. The number of ether oxygens (including phenoxy) is 1. The molecule has 2 rings (SSSR count). The second kappa shape index (κ2) is 4.78. The summed E-state index contributed by atoms with van der Waals surface area (Å²) >= 11 is 0. The van der Waals surface area contributed by atoms with Gasteiger partial charge in [0.2, 0.25) is 0 Å². The predicted molar refractivity (Wildman–Crippen MR) is 60.7 cm³/mol. The van der Waals surface area contributed by atoms with Gasteiger partial charge in [-0.25, -0.2) is 10.0 Å². The van der Waals surface area contributed by atoms with Gasteiger partial charge in [-0.1, -0.05) is 0 Å². The number of hydrogen-bond donors (Lipinski definition) is 0. The van der Waals surface area contributed by atoms with Gasteiger partial charge < -0.3 is 9.64 Å². The first kappa shape index (κ1) is 11.3. The number of morpholine rings is 1. The van der Waals surface area contributed by atoms with Gasteiger partial charge in [-0.15, -0.1) is 0 Å². The van der Waals surface area contributed by atoms with E-state index >= 15 is 0 Å². The van der Waals surface area contributed by atoms with Gasteiger partial charge in [-0.3, -0.25) is 0 Å². The maximum Gasteiger partial charge on any atom is 0.0692 e. The van der Waals surface area contributed by atoms with Gasteiger partial charge in [-0.2, -0.15) is 0 Å². The van der Waals surface area contributed by atoms with Crippen LogP contribution in [0.1, 0.15) is 13.8 Å². The maximum atomic E-state index is 5.75. The van der Waals surface area contributed by atoms with E-state index in [2.05, 4.69) is 35.8 Å². The van der Waals surface area contributed by atoms with Gasteiger partial charge in [0, 0.05) is 39.3 Å². The van der Waals surface area contributed by atoms with E-state index in [0.717, 1.165) is 26.2 Å². The van der Waals surface area contributed by atoms with Gasteiger partial charge >= 0.3 is 0 Å². The first-order valence-corrected chi connectivity index (χ1v) is 5.99. The highest BCUT2D eigenvalue weighted by molar-refractivity contribution is 4.75. The number of hydrogen-bond acceptors (Lipinski definition) is 4. The zero-order valence-electron chi connectivity index (χ0n) is 10.1. The summed E-state index contributed by atoms with van der Waals surface area (Å²) < 4.78 is 5.75. The van der Waals surface area contributed by atoms with Gasteiger partial charge in [0.15, 0.2) is 0 Å². The van der Waals surface area contributed by atoms with Crippen LogP contribution >= 0.6 is 0 Å². The summed E-state index contributed by atoms with van der Waals surface area (Å²) in [7, 11) is 2.20. The molecule has 15 heavy (non-hydrogen) atoms. The van der Waals surface area contributed by atoms with Crippen LogP contribution in [0.15, 0.2) is 0 Å². The Balaban J connectivity index is 1.87. The number of piperazine rings is 1. The largest absolute Gasteiger partial charge is 0.373 e. The van der Waals surface area contributed by atoms with Crippen molar-refractivity contribution in [1.82, 2.24) is 14.9 Å². The van der Waals surface area contributed by atoms with Gasteiger partial charge in [0.1, 0.15) is 0 Å². The van der Waals surface area contributed by atoms with E-state index in [4.69, 9.17) is 4.74 Å². The Morgan fingerprint density at radius 1 is 0.867 bits per heavy atom. The SMILES string of the molecule is CC1CN(N2CCN(C)CC2)CC(C)O1. The lowest BCUT2D eigenvalue weighted by molar-refractivity contribution is -0.155. The van der Waals surface area contributed by atoms with Crippen LogP contribution in [0.5, 0.6) is 0 Å². The lowest BCUT2D eigenvalue weighted by Crippen LogP contribution is -2.58. The third-order valence-corrected chi connectivity index (χ3v) is 3.28. The molecule has 0 aromatic rings. The summed E-state index contributed by atoms with van der Waals surface area (Å²) in [6.07, 6.45) is 0.738. The van der Waals surface area contributed by atoms with Crippen molar-refractivity contribution in [3.05, 3.63) is 0 Å². The minimum absolute atomic E-state index is 0.369. The monoisotopic (exact) mass is 213 g/mol. The molecule has 2 aliphatic heterocycles. The fourth-order valence-electron chi connectivity index (χ4n) is 2.46. The van der Waals surface area contributed by atoms with Crippen molar-refractivity contribution >= 4 is 0 Å². The summed E-state index contributed by atoms with van der Waals surface area (Å²) in [6, 6.07) is 0. The molecule has 0 radical (unpaired) electrons. The predicted octanol–water partition coefficient (Wildman–Crippen LogP) is 0.258. The topological polar surface area (TPSA) is 19.0 Å². The number of hydrazine groups is 1. The second-order valence-electron chi connectivity index (χ2n) is 4.89. The first-order valence-electron chi connectivity index (χ1n) is 5.99. The van der Waals surface area contributed by atoms with Crippen LogP contribution in [0.25, 0.3) is 0 Å². The molecular formula is C11H23N3O. The van der Waals surface area contributed by atoms with Crippen LogP contribution in [-0.2, 0) is 4.74 Å². The third-order valence-electron chi connectivity index (χ3n) is 3.28. The second-order valence-corrected chi connectivity index (χ2v) is 4.89. The maximum absolute atomic E-state index is 5.75. The van der Waals surface area contributed by atoms with Crippen LogP contribution < -0.4 is 0 Å². The molecule has 4 heteroatoms. The molecule has 0 amide bonds. The molecule has 2 atom stereocenters. The Labute approximate surface area is 92.7 Å². The molecule has 2 heterocycles. The highest BCUT2D eigenvalue weighted by atomic mass is 16.5. The molecule has 0 saturated carbocycles. The molecular weight excluding hydrogens is 190 g/mol. The zero-order chi connectivity index (χ0) is 10.8. The van der Waals surface area contributed by atoms with E-state index in [1.807, 2.05) is 0 Å². The van der Waals surface area contributed by atoms with Crippen molar-refractivity contribution in [1.29, 1.82) is 0 Å². The minimum atomic E-state index is 0.369. The van der Waals surface area contributed by atoms with Crippen LogP contribution in [0.2, 0.25) is 0 Å². The molecule has 0 bridgehead atoms. The van der Waals surface area contributed by atoms with Crippen LogP contribution in [0, 0.1) is 0 Å². The molecule has 0 aliphatic carbocycles. The molecule has 0 aromatic carbocycles. The molecule has 0 spiro atoms. The van der Waals surface area contributed by atoms with Crippen LogP contribution in [0.4, 0.5) is 0 Å². The zero-order valence-corrected chi connectivity index (χ0v) is 10.1. The number of rotatable bonds is 1. The Hall–Kier alpha value is -0.160. The van der Waals surface area contributed by atoms with Gasteiger partial charge in [-0.05, 0) is 20.9 Å². The number of nitrogens with zero attached hydrogens (tertiary/aromatic N) is 3. The van der Waals surface area contributed by atoms with E-state index in [1.165, 1.54) is 13.1 Å². The fraction of sp³-hybridized carbons (Fsp3) is 1.00. The Morgan fingerprint density at radius 2 is 1.40 bits per heavy atom. The van der Waals surface area contributed by atoms with E-state index in [-0.39, 0.29) is 0 Å². The van der Waals surface area contributed by atoms with Crippen molar-refractivity contribution in [2.24, 2.45) is 0 Å². The van der Waals surface area contributed by atoms with Crippen molar-refractivity contribution in [2.45, 2.75) is 26.1 Å². The third kappa shape index (κ3) is 2.91. The lowest BCUT2D eigenvalue weighted by atomic mass is 10.2. The minimum Gasteiger partial charge on any atom is -0.373 e. The van der Waals surface area contributed by atoms with Crippen molar-refractivity contribution in [2.75, 3.05) is 46.3 Å².